The molecule has 0 aliphatic carbocycles. The third-order valence-corrected chi connectivity index (χ3v) is 2.41. The Morgan fingerprint density at radius 1 is 1.50 bits per heavy atom. The van der Waals surface area contributed by atoms with Gasteiger partial charge in [0, 0.05) is 6.07 Å². The van der Waals surface area contributed by atoms with Gasteiger partial charge in [0.15, 0.2) is 5.82 Å². The summed E-state index contributed by atoms with van der Waals surface area (Å²) < 4.78 is 13.5. The maximum Gasteiger partial charge on any atom is 0.326 e. The molecule has 1 aromatic rings. The predicted molar refractivity (Wildman–Crippen MR) is 62.9 cm³/mol. The number of carbonyl (C=O) groups is 1. The molecule has 0 spiro atoms. The molecule has 18 heavy (non-hydrogen) atoms. The second-order valence-electron chi connectivity index (χ2n) is 4.13. The molecule has 2 N–H and O–H groups in total. The van der Waals surface area contributed by atoms with Gasteiger partial charge >= 0.3 is 5.97 Å². The van der Waals surface area contributed by atoms with E-state index in [1.165, 1.54) is 0 Å². The van der Waals surface area contributed by atoms with Crippen LogP contribution in [0.15, 0.2) is 18.2 Å². The van der Waals surface area contributed by atoms with E-state index in [4.69, 9.17) is 5.11 Å². The number of nitrogens with zero attached hydrogens (tertiary/aromatic N) is 1. The summed E-state index contributed by atoms with van der Waals surface area (Å²) in [6.07, 6.45) is 0. The average molecular weight is 256 g/mol. The van der Waals surface area contributed by atoms with Gasteiger partial charge in [-0.25, -0.2) is 9.18 Å². The molecule has 0 aliphatic rings. The standard InChI is InChI=1S/C11H13FN2O4/c1-6(2)10(11(15)16)13-9-4-3-7(14(17)18)5-8(9)12/h3-6,10,13H,1-2H3,(H,15,16)/t10-/m0/s1. The Morgan fingerprint density at radius 2 is 2.11 bits per heavy atom. The van der Waals surface area contributed by atoms with E-state index >= 15 is 0 Å². The molecule has 0 fully saturated rings. The Balaban J connectivity index is 2.97. The number of non-ortho nitro benzene ring substituents is 1. The Hall–Kier alpha value is -2.18. The first-order valence-electron chi connectivity index (χ1n) is 5.26. The maximum atomic E-state index is 13.5. The van der Waals surface area contributed by atoms with Gasteiger partial charge in [0.05, 0.1) is 16.7 Å². The molecule has 1 rings (SSSR count). The molecule has 0 saturated carbocycles. The number of benzene rings is 1. The van der Waals surface area contributed by atoms with Crippen molar-refractivity contribution in [3.05, 3.63) is 34.1 Å². The number of carboxylic acid groups (broad SMARTS) is 1. The number of nitro groups is 1. The molecule has 0 aliphatic heterocycles. The number of rotatable bonds is 5. The van der Waals surface area contributed by atoms with Crippen molar-refractivity contribution in [3.63, 3.8) is 0 Å². The van der Waals surface area contributed by atoms with Crippen LogP contribution in [0.4, 0.5) is 15.8 Å². The second-order valence-corrected chi connectivity index (χ2v) is 4.13. The van der Waals surface area contributed by atoms with Gasteiger partial charge in [0.25, 0.3) is 5.69 Å². The summed E-state index contributed by atoms with van der Waals surface area (Å²) in [5, 5.41) is 21.9. The molecule has 0 unspecified atom stereocenters. The van der Waals surface area contributed by atoms with E-state index < -0.39 is 22.8 Å². The predicted octanol–water partition coefficient (Wildman–Crippen LogP) is 2.25. The fourth-order valence-corrected chi connectivity index (χ4v) is 1.42. The van der Waals surface area contributed by atoms with Crippen molar-refractivity contribution in [2.45, 2.75) is 19.9 Å². The van der Waals surface area contributed by atoms with Crippen molar-refractivity contribution in [1.82, 2.24) is 0 Å². The SMILES string of the molecule is CC(C)[C@H](Nc1ccc([N+](=O)[O-])cc1F)C(=O)O. The lowest BCUT2D eigenvalue weighted by Gasteiger charge is -2.19. The zero-order valence-electron chi connectivity index (χ0n) is 9.88. The molecule has 1 aromatic carbocycles. The first kappa shape index (κ1) is 13.9. The van der Waals surface area contributed by atoms with Gasteiger partial charge in [-0.15, -0.1) is 0 Å². The summed E-state index contributed by atoms with van der Waals surface area (Å²) in [6.45, 7) is 3.35. The fraction of sp³-hybridized carbons (Fsp3) is 0.364. The lowest BCUT2D eigenvalue weighted by Crippen LogP contribution is -2.34. The lowest BCUT2D eigenvalue weighted by molar-refractivity contribution is -0.385. The molecule has 0 amide bonds. The molecular weight excluding hydrogens is 243 g/mol. The van der Waals surface area contributed by atoms with Gasteiger partial charge in [-0.05, 0) is 12.0 Å². The first-order valence-corrected chi connectivity index (χ1v) is 5.26. The lowest BCUT2D eigenvalue weighted by atomic mass is 10.0. The number of aliphatic carboxylic acids is 1. The maximum absolute atomic E-state index is 13.5. The Kier molecular flexibility index (Phi) is 4.19. The van der Waals surface area contributed by atoms with Crippen LogP contribution in [0.5, 0.6) is 0 Å². The van der Waals surface area contributed by atoms with Gasteiger partial charge in [0.1, 0.15) is 6.04 Å². The highest BCUT2D eigenvalue weighted by Crippen LogP contribution is 2.22. The van der Waals surface area contributed by atoms with Crippen molar-refractivity contribution in [2.24, 2.45) is 5.92 Å². The fourth-order valence-electron chi connectivity index (χ4n) is 1.42. The monoisotopic (exact) mass is 256 g/mol. The van der Waals surface area contributed by atoms with Crippen LogP contribution < -0.4 is 5.32 Å². The summed E-state index contributed by atoms with van der Waals surface area (Å²) in [6, 6.07) is 2.07. The highest BCUT2D eigenvalue weighted by atomic mass is 19.1. The average Bonchev–Trinajstić information content (AvgIpc) is 2.25. The Labute approximate surface area is 103 Å². The summed E-state index contributed by atoms with van der Waals surface area (Å²) >= 11 is 0. The van der Waals surface area contributed by atoms with Crippen LogP contribution in [-0.4, -0.2) is 22.0 Å². The number of hydrogen-bond donors (Lipinski definition) is 2. The molecule has 1 atom stereocenters. The van der Waals surface area contributed by atoms with Crippen molar-refractivity contribution in [2.75, 3.05) is 5.32 Å². The van der Waals surface area contributed by atoms with Gasteiger partial charge < -0.3 is 10.4 Å². The van der Waals surface area contributed by atoms with Gasteiger partial charge in [0.2, 0.25) is 0 Å². The Bertz CT molecular complexity index is 476. The number of nitro benzene ring substituents is 1. The number of hydrogen-bond acceptors (Lipinski definition) is 4. The molecule has 7 heteroatoms. The van der Waals surface area contributed by atoms with Gasteiger partial charge in [-0.2, -0.15) is 0 Å². The summed E-state index contributed by atoms with van der Waals surface area (Å²) in [5.41, 5.74) is -0.448. The number of halogens is 1. The third-order valence-electron chi connectivity index (χ3n) is 2.41. The first-order chi connectivity index (χ1) is 8.32. The second kappa shape index (κ2) is 5.44. The number of nitrogens with one attached hydrogen (secondary N) is 1. The van der Waals surface area contributed by atoms with E-state index in [2.05, 4.69) is 5.32 Å². The molecule has 98 valence electrons. The molecule has 0 aromatic heterocycles. The van der Waals surface area contributed by atoms with Crippen LogP contribution in [-0.2, 0) is 4.79 Å². The molecule has 6 nitrogen and oxygen atoms in total. The molecule has 0 saturated heterocycles. The minimum atomic E-state index is -1.11. The van der Waals surface area contributed by atoms with Gasteiger partial charge in [-0.3, -0.25) is 10.1 Å². The van der Waals surface area contributed by atoms with Crippen LogP contribution in [0.25, 0.3) is 0 Å². The minimum Gasteiger partial charge on any atom is -0.480 e. The van der Waals surface area contributed by atoms with E-state index in [0.29, 0.717) is 0 Å². The van der Waals surface area contributed by atoms with Crippen LogP contribution >= 0.6 is 0 Å². The molecule has 0 heterocycles. The zero-order chi connectivity index (χ0) is 13.9. The van der Waals surface area contributed by atoms with Crippen molar-refractivity contribution < 1.29 is 19.2 Å². The molecule has 0 bridgehead atoms. The topological polar surface area (TPSA) is 92.5 Å². The summed E-state index contributed by atoms with van der Waals surface area (Å²) in [4.78, 5) is 20.6. The van der Waals surface area contributed by atoms with Crippen LogP contribution in [0.3, 0.4) is 0 Å². The van der Waals surface area contributed by atoms with Gasteiger partial charge in [-0.1, -0.05) is 13.8 Å². The Morgan fingerprint density at radius 3 is 2.50 bits per heavy atom. The van der Waals surface area contributed by atoms with Crippen LogP contribution in [0.2, 0.25) is 0 Å². The van der Waals surface area contributed by atoms with Crippen LogP contribution in [0, 0.1) is 21.8 Å². The van der Waals surface area contributed by atoms with Crippen molar-refractivity contribution >= 4 is 17.3 Å². The highest BCUT2D eigenvalue weighted by molar-refractivity contribution is 5.77. The van der Waals surface area contributed by atoms with E-state index in [0.717, 1.165) is 18.2 Å². The summed E-state index contributed by atoms with van der Waals surface area (Å²) in [7, 11) is 0. The molecular formula is C11H13FN2O4. The smallest absolute Gasteiger partial charge is 0.326 e. The number of carboxylic acids is 1. The quantitative estimate of drug-likeness (QED) is 0.622. The van der Waals surface area contributed by atoms with Crippen molar-refractivity contribution in [3.8, 4) is 0 Å². The summed E-state index contributed by atoms with van der Waals surface area (Å²) in [5.74, 6) is -2.21. The highest BCUT2D eigenvalue weighted by Gasteiger charge is 2.22. The zero-order valence-corrected chi connectivity index (χ0v) is 9.88. The molecule has 0 radical (unpaired) electrons. The third kappa shape index (κ3) is 3.16. The minimum absolute atomic E-state index is 0.0679. The normalized spacial score (nSPS) is 12.2. The largest absolute Gasteiger partial charge is 0.480 e. The van der Waals surface area contributed by atoms with E-state index in [9.17, 15) is 19.3 Å². The van der Waals surface area contributed by atoms with E-state index in [1.54, 1.807) is 13.8 Å². The van der Waals surface area contributed by atoms with Crippen molar-refractivity contribution in [1.29, 1.82) is 0 Å². The van der Waals surface area contributed by atoms with E-state index in [-0.39, 0.29) is 17.3 Å². The number of anilines is 1. The van der Waals surface area contributed by atoms with Crippen LogP contribution in [0.1, 0.15) is 13.8 Å². The van der Waals surface area contributed by atoms with E-state index in [1.807, 2.05) is 0 Å².